The molecule has 0 radical (unpaired) electrons. The van der Waals surface area contributed by atoms with E-state index in [4.69, 9.17) is 4.74 Å². The maximum atomic E-state index is 12.3. The van der Waals surface area contributed by atoms with Crippen LogP contribution in [0.15, 0.2) is 18.3 Å². The Morgan fingerprint density at radius 2 is 2.35 bits per heavy atom. The molecule has 1 aliphatic heterocycles. The molecule has 1 atom stereocenters. The second-order valence-electron chi connectivity index (χ2n) is 5.62. The second-order valence-corrected chi connectivity index (χ2v) is 6.62. The van der Waals surface area contributed by atoms with Crippen molar-refractivity contribution in [2.24, 2.45) is 0 Å². The monoisotopic (exact) mass is 332 g/mol. The number of nitrogens with one attached hydrogen (secondary N) is 2. The molecule has 1 aliphatic rings. The summed E-state index contributed by atoms with van der Waals surface area (Å²) in [7, 11) is 0. The summed E-state index contributed by atoms with van der Waals surface area (Å²) in [6.07, 6.45) is 3.96. The van der Waals surface area contributed by atoms with Crippen LogP contribution < -0.4 is 10.6 Å². The largest absolute Gasteiger partial charge is 0.376 e. The van der Waals surface area contributed by atoms with E-state index in [0.717, 1.165) is 36.5 Å². The summed E-state index contributed by atoms with van der Waals surface area (Å²) in [5.41, 5.74) is 1.83. The lowest BCUT2D eigenvalue weighted by Gasteiger charge is -2.09. The number of pyridine rings is 1. The van der Waals surface area contributed by atoms with Gasteiger partial charge >= 0.3 is 0 Å². The third-order valence-corrected chi connectivity index (χ3v) is 4.74. The van der Waals surface area contributed by atoms with Crippen molar-refractivity contribution < 1.29 is 9.53 Å². The lowest BCUT2D eigenvalue weighted by Crippen LogP contribution is -2.31. The third kappa shape index (κ3) is 4.05. The molecule has 1 unspecified atom stereocenters. The van der Waals surface area contributed by atoms with E-state index < -0.39 is 0 Å². The summed E-state index contributed by atoms with van der Waals surface area (Å²) >= 11 is 1.34. The molecule has 2 aromatic heterocycles. The number of hydrogen-bond acceptors (Lipinski definition) is 6. The van der Waals surface area contributed by atoms with Crippen LogP contribution in [0.4, 0.5) is 10.9 Å². The summed E-state index contributed by atoms with van der Waals surface area (Å²) in [4.78, 5) is 21.6. The van der Waals surface area contributed by atoms with E-state index in [2.05, 4.69) is 20.6 Å². The fourth-order valence-corrected chi connectivity index (χ4v) is 3.36. The predicted molar refractivity (Wildman–Crippen MR) is 90.4 cm³/mol. The van der Waals surface area contributed by atoms with Gasteiger partial charge in [-0.2, -0.15) is 0 Å². The molecule has 2 aromatic rings. The highest BCUT2D eigenvalue weighted by molar-refractivity contribution is 7.17. The Morgan fingerprint density at radius 1 is 1.48 bits per heavy atom. The molecule has 0 spiro atoms. The van der Waals surface area contributed by atoms with Gasteiger partial charge in [-0.1, -0.05) is 11.3 Å². The van der Waals surface area contributed by atoms with Crippen LogP contribution in [0.25, 0.3) is 0 Å². The summed E-state index contributed by atoms with van der Waals surface area (Å²) in [5, 5.41) is 6.75. The summed E-state index contributed by atoms with van der Waals surface area (Å²) in [5.74, 6) is 0.630. The molecular weight excluding hydrogens is 312 g/mol. The highest BCUT2D eigenvalue weighted by Crippen LogP contribution is 2.25. The van der Waals surface area contributed by atoms with E-state index in [9.17, 15) is 4.79 Å². The topological polar surface area (TPSA) is 76.1 Å². The van der Waals surface area contributed by atoms with Gasteiger partial charge in [0.2, 0.25) is 0 Å². The Labute approximate surface area is 139 Å². The molecule has 0 aliphatic carbocycles. The molecule has 3 heterocycles. The van der Waals surface area contributed by atoms with Crippen molar-refractivity contribution in [3.8, 4) is 0 Å². The van der Waals surface area contributed by atoms with Gasteiger partial charge < -0.3 is 15.4 Å². The molecule has 0 bridgehead atoms. The number of thiazole rings is 1. The highest BCUT2D eigenvalue weighted by atomic mass is 32.1. The van der Waals surface area contributed by atoms with E-state index in [1.165, 1.54) is 11.3 Å². The zero-order chi connectivity index (χ0) is 16.2. The van der Waals surface area contributed by atoms with Crippen LogP contribution in [0.2, 0.25) is 0 Å². The van der Waals surface area contributed by atoms with Crippen LogP contribution in [0.1, 0.15) is 33.8 Å². The molecule has 0 aromatic carbocycles. The predicted octanol–water partition coefficient (Wildman–Crippen LogP) is 2.81. The van der Waals surface area contributed by atoms with Gasteiger partial charge in [-0.25, -0.2) is 9.97 Å². The summed E-state index contributed by atoms with van der Waals surface area (Å²) in [6.45, 7) is 5.19. The maximum absolute atomic E-state index is 12.3. The highest BCUT2D eigenvalue weighted by Gasteiger charge is 2.19. The van der Waals surface area contributed by atoms with Crippen LogP contribution in [0.5, 0.6) is 0 Å². The van der Waals surface area contributed by atoms with Gasteiger partial charge in [-0.05, 0) is 44.4 Å². The van der Waals surface area contributed by atoms with E-state index in [1.54, 1.807) is 6.20 Å². The molecule has 1 saturated heterocycles. The van der Waals surface area contributed by atoms with Crippen molar-refractivity contribution in [1.29, 1.82) is 0 Å². The standard InChI is InChI=1S/C16H20N4O2S/c1-10-5-6-17-13(8-10)20-16-19-11(2)14(23-16)15(21)18-9-12-4-3-7-22-12/h5-6,8,12H,3-4,7,9H2,1-2H3,(H,18,21)(H,17,19,20). The molecular formula is C16H20N4O2S. The minimum absolute atomic E-state index is 0.0965. The maximum Gasteiger partial charge on any atom is 0.263 e. The van der Waals surface area contributed by atoms with Crippen molar-refractivity contribution in [2.45, 2.75) is 32.8 Å². The molecule has 3 rings (SSSR count). The Hall–Kier alpha value is -1.99. The van der Waals surface area contributed by atoms with E-state index >= 15 is 0 Å². The van der Waals surface area contributed by atoms with Crippen LogP contribution in [-0.4, -0.2) is 35.1 Å². The number of hydrogen-bond donors (Lipinski definition) is 2. The lowest BCUT2D eigenvalue weighted by molar-refractivity contribution is 0.0860. The Bertz CT molecular complexity index is 695. The van der Waals surface area contributed by atoms with E-state index in [0.29, 0.717) is 16.6 Å². The molecule has 0 saturated carbocycles. The fraction of sp³-hybridized carbons (Fsp3) is 0.438. The SMILES string of the molecule is Cc1ccnc(Nc2nc(C)c(C(=O)NCC3CCCO3)s2)c1. The van der Waals surface area contributed by atoms with Gasteiger partial charge in [0, 0.05) is 19.3 Å². The van der Waals surface area contributed by atoms with Crippen molar-refractivity contribution in [3.05, 3.63) is 34.5 Å². The summed E-state index contributed by atoms with van der Waals surface area (Å²) in [6, 6.07) is 3.87. The van der Waals surface area contributed by atoms with E-state index in [-0.39, 0.29) is 12.0 Å². The Kier molecular flexibility index (Phi) is 4.88. The van der Waals surface area contributed by atoms with E-state index in [1.807, 2.05) is 26.0 Å². The first-order valence-electron chi connectivity index (χ1n) is 7.69. The van der Waals surface area contributed by atoms with Crippen molar-refractivity contribution in [3.63, 3.8) is 0 Å². The molecule has 6 nitrogen and oxygen atoms in total. The summed E-state index contributed by atoms with van der Waals surface area (Å²) < 4.78 is 5.52. The number of ether oxygens (including phenoxy) is 1. The molecule has 122 valence electrons. The number of nitrogens with zero attached hydrogens (tertiary/aromatic N) is 2. The quantitative estimate of drug-likeness (QED) is 0.880. The number of aryl methyl sites for hydroxylation is 2. The number of carbonyl (C=O) groups is 1. The average molecular weight is 332 g/mol. The first kappa shape index (κ1) is 15.9. The zero-order valence-corrected chi connectivity index (χ0v) is 14.1. The first-order chi connectivity index (χ1) is 11.1. The minimum Gasteiger partial charge on any atom is -0.376 e. The molecule has 1 amide bonds. The molecule has 1 fully saturated rings. The fourth-order valence-electron chi connectivity index (χ4n) is 2.47. The number of anilines is 2. The number of amides is 1. The minimum atomic E-state index is -0.0965. The van der Waals surface area contributed by atoms with Crippen LogP contribution in [-0.2, 0) is 4.74 Å². The van der Waals surface area contributed by atoms with Gasteiger partial charge in [-0.15, -0.1) is 0 Å². The van der Waals surface area contributed by atoms with Crippen LogP contribution in [0.3, 0.4) is 0 Å². The van der Waals surface area contributed by atoms with Crippen molar-refractivity contribution in [1.82, 2.24) is 15.3 Å². The third-order valence-electron chi connectivity index (χ3n) is 3.67. The number of carbonyl (C=O) groups excluding carboxylic acids is 1. The Balaban J connectivity index is 1.64. The second kappa shape index (κ2) is 7.06. The van der Waals surface area contributed by atoms with Gasteiger partial charge in [0.1, 0.15) is 10.7 Å². The average Bonchev–Trinajstić information content (AvgIpc) is 3.14. The first-order valence-corrected chi connectivity index (χ1v) is 8.50. The number of aromatic nitrogens is 2. The van der Waals surface area contributed by atoms with Gasteiger partial charge in [0.15, 0.2) is 5.13 Å². The van der Waals surface area contributed by atoms with Crippen molar-refractivity contribution >= 4 is 28.2 Å². The van der Waals surface area contributed by atoms with Gasteiger partial charge in [-0.3, -0.25) is 4.79 Å². The van der Waals surface area contributed by atoms with Crippen LogP contribution >= 0.6 is 11.3 Å². The lowest BCUT2D eigenvalue weighted by atomic mass is 10.2. The molecule has 2 N–H and O–H groups in total. The smallest absolute Gasteiger partial charge is 0.263 e. The van der Waals surface area contributed by atoms with Crippen LogP contribution in [0, 0.1) is 13.8 Å². The molecule has 23 heavy (non-hydrogen) atoms. The number of rotatable bonds is 5. The van der Waals surface area contributed by atoms with Crippen molar-refractivity contribution in [2.75, 3.05) is 18.5 Å². The molecule has 7 heteroatoms. The van der Waals surface area contributed by atoms with Gasteiger partial charge in [0.05, 0.1) is 11.8 Å². The van der Waals surface area contributed by atoms with Gasteiger partial charge in [0.25, 0.3) is 5.91 Å². The normalized spacial score (nSPS) is 17.2. The zero-order valence-electron chi connectivity index (χ0n) is 13.3. The Morgan fingerprint density at radius 3 is 3.09 bits per heavy atom.